The highest BCUT2D eigenvalue weighted by atomic mass is 32.1. The fourth-order valence-corrected chi connectivity index (χ4v) is 2.16. The first-order valence-electron chi connectivity index (χ1n) is 6.68. The fraction of sp³-hybridized carbons (Fsp3) is 0.400. The number of rotatable bonds is 2. The van der Waals surface area contributed by atoms with Crippen LogP contribution < -0.4 is 11.5 Å². The second kappa shape index (κ2) is 9.50. The van der Waals surface area contributed by atoms with Gasteiger partial charge in [0.1, 0.15) is 5.84 Å². The Hall–Kier alpha value is -1.42. The highest BCUT2D eigenvalue weighted by Crippen LogP contribution is 2.19. The molecule has 4 heteroatoms. The van der Waals surface area contributed by atoms with E-state index in [9.17, 15) is 0 Å². The molecule has 0 aromatic heterocycles. The van der Waals surface area contributed by atoms with Crippen LogP contribution in [0.4, 0.5) is 0 Å². The molecule has 0 aliphatic heterocycles. The second-order valence-corrected chi connectivity index (χ2v) is 5.06. The minimum atomic E-state index is 0.440. The average molecular weight is 277 g/mol. The molecule has 0 spiro atoms. The topological polar surface area (TPSA) is 64.4 Å². The third-order valence-electron chi connectivity index (χ3n) is 2.93. The summed E-state index contributed by atoms with van der Waals surface area (Å²) in [6, 6.07) is 10.2. The molecule has 3 nitrogen and oxygen atoms in total. The lowest BCUT2D eigenvalue weighted by Crippen LogP contribution is -2.17. The van der Waals surface area contributed by atoms with E-state index in [1.165, 1.54) is 38.3 Å². The molecular weight excluding hydrogens is 254 g/mol. The molecule has 19 heavy (non-hydrogen) atoms. The van der Waals surface area contributed by atoms with Gasteiger partial charge in [-0.25, -0.2) is 0 Å². The van der Waals surface area contributed by atoms with Crippen molar-refractivity contribution in [3.8, 4) is 0 Å². The van der Waals surface area contributed by atoms with Crippen molar-refractivity contribution >= 4 is 18.5 Å². The van der Waals surface area contributed by atoms with Crippen LogP contribution in [0.15, 0.2) is 52.5 Å². The Morgan fingerprint density at radius 1 is 1.16 bits per heavy atom. The molecule has 1 fully saturated rings. The molecule has 1 saturated carbocycles. The van der Waals surface area contributed by atoms with Crippen molar-refractivity contribution < 1.29 is 0 Å². The molecule has 0 amide bonds. The van der Waals surface area contributed by atoms with Crippen LogP contribution in [0.25, 0.3) is 0 Å². The number of nitrogens with two attached hydrogens (primary N) is 2. The SMILES string of the molecule is N/C=C\C(N)=NC1CCCCC1.Sc1ccccc1. The molecule has 104 valence electrons. The normalized spacial score (nSPS) is 17.0. The van der Waals surface area contributed by atoms with Gasteiger partial charge in [-0.3, -0.25) is 4.99 Å². The second-order valence-electron chi connectivity index (χ2n) is 4.54. The lowest BCUT2D eigenvalue weighted by atomic mass is 9.96. The van der Waals surface area contributed by atoms with E-state index >= 15 is 0 Å². The molecule has 2 rings (SSSR count). The van der Waals surface area contributed by atoms with Crippen LogP contribution in [-0.4, -0.2) is 11.9 Å². The Labute approximate surface area is 121 Å². The summed E-state index contributed by atoms with van der Waals surface area (Å²) in [5, 5.41) is 0. The number of benzene rings is 1. The largest absolute Gasteiger partial charge is 0.404 e. The summed E-state index contributed by atoms with van der Waals surface area (Å²) in [5.74, 6) is 0.560. The van der Waals surface area contributed by atoms with Gasteiger partial charge in [0.2, 0.25) is 0 Å². The molecule has 4 N–H and O–H groups in total. The molecule has 0 heterocycles. The number of nitrogens with zero attached hydrogens (tertiary/aromatic N) is 1. The summed E-state index contributed by atoms with van der Waals surface area (Å²) in [4.78, 5) is 5.37. The van der Waals surface area contributed by atoms with Crippen molar-refractivity contribution in [3.63, 3.8) is 0 Å². The van der Waals surface area contributed by atoms with Crippen LogP contribution in [0.3, 0.4) is 0 Å². The van der Waals surface area contributed by atoms with Crippen LogP contribution in [0.5, 0.6) is 0 Å². The van der Waals surface area contributed by atoms with E-state index in [2.05, 4.69) is 17.6 Å². The van der Waals surface area contributed by atoms with Crippen LogP contribution in [-0.2, 0) is 0 Å². The predicted molar refractivity (Wildman–Crippen MR) is 85.5 cm³/mol. The van der Waals surface area contributed by atoms with Crippen molar-refractivity contribution in [2.24, 2.45) is 16.5 Å². The molecule has 1 aromatic rings. The quantitative estimate of drug-likeness (QED) is 0.442. The molecule has 1 aliphatic rings. The zero-order chi connectivity index (χ0) is 13.9. The Morgan fingerprint density at radius 2 is 1.79 bits per heavy atom. The first-order chi connectivity index (χ1) is 9.22. The summed E-state index contributed by atoms with van der Waals surface area (Å²) >= 11 is 4.08. The number of hydrogen-bond donors (Lipinski definition) is 3. The summed E-state index contributed by atoms with van der Waals surface area (Å²) in [6.45, 7) is 0. The standard InChI is InChI=1S/C9H17N3.C6H6S/c10-7-6-9(11)12-8-4-2-1-3-5-8;7-6-4-2-1-3-5-6/h6-8H,1-5,10H2,(H2,11,12);1-5,7H/b7-6-;. The number of amidine groups is 1. The molecule has 0 saturated heterocycles. The Morgan fingerprint density at radius 3 is 2.26 bits per heavy atom. The maximum atomic E-state index is 5.60. The maximum Gasteiger partial charge on any atom is 0.119 e. The molecule has 1 aromatic carbocycles. The Bertz CT molecular complexity index is 395. The average Bonchev–Trinajstić information content (AvgIpc) is 2.42. The highest BCUT2D eigenvalue weighted by molar-refractivity contribution is 7.80. The van der Waals surface area contributed by atoms with Crippen LogP contribution in [0.2, 0.25) is 0 Å². The van der Waals surface area contributed by atoms with E-state index in [1.54, 1.807) is 6.08 Å². The molecule has 1 aliphatic carbocycles. The van der Waals surface area contributed by atoms with Gasteiger partial charge in [-0.1, -0.05) is 37.5 Å². The van der Waals surface area contributed by atoms with Gasteiger partial charge in [-0.15, -0.1) is 12.6 Å². The first-order valence-corrected chi connectivity index (χ1v) is 7.12. The van der Waals surface area contributed by atoms with Crippen LogP contribution in [0, 0.1) is 0 Å². The summed E-state index contributed by atoms with van der Waals surface area (Å²) < 4.78 is 0. The number of hydrogen-bond acceptors (Lipinski definition) is 3. The lowest BCUT2D eigenvalue weighted by Gasteiger charge is -2.17. The number of aliphatic imine (C=N–C) groups is 1. The van der Waals surface area contributed by atoms with Crippen molar-refractivity contribution in [3.05, 3.63) is 42.6 Å². The van der Waals surface area contributed by atoms with Crippen molar-refractivity contribution in [2.45, 2.75) is 43.0 Å². The summed E-state index contributed by atoms with van der Waals surface area (Å²) in [6.07, 6.45) is 9.36. The van der Waals surface area contributed by atoms with Gasteiger partial charge in [0, 0.05) is 4.90 Å². The summed E-state index contributed by atoms with van der Waals surface area (Å²) in [7, 11) is 0. The minimum absolute atomic E-state index is 0.440. The van der Waals surface area contributed by atoms with Gasteiger partial charge in [0.15, 0.2) is 0 Å². The van der Waals surface area contributed by atoms with Crippen LogP contribution >= 0.6 is 12.6 Å². The van der Waals surface area contributed by atoms with Gasteiger partial charge in [-0.05, 0) is 37.3 Å². The molecule has 0 radical (unpaired) electrons. The van der Waals surface area contributed by atoms with E-state index in [4.69, 9.17) is 11.5 Å². The zero-order valence-corrected chi connectivity index (χ0v) is 12.1. The van der Waals surface area contributed by atoms with Gasteiger partial charge >= 0.3 is 0 Å². The van der Waals surface area contributed by atoms with Gasteiger partial charge < -0.3 is 11.5 Å². The first kappa shape index (κ1) is 15.6. The minimum Gasteiger partial charge on any atom is -0.404 e. The van der Waals surface area contributed by atoms with Crippen LogP contribution in [0.1, 0.15) is 32.1 Å². The summed E-state index contributed by atoms with van der Waals surface area (Å²) in [5.41, 5.74) is 10.8. The Balaban J connectivity index is 0.000000218. The van der Waals surface area contributed by atoms with E-state index in [-0.39, 0.29) is 0 Å². The van der Waals surface area contributed by atoms with E-state index in [1.807, 2.05) is 30.3 Å². The van der Waals surface area contributed by atoms with Gasteiger partial charge in [0.25, 0.3) is 0 Å². The smallest absolute Gasteiger partial charge is 0.119 e. The maximum absolute atomic E-state index is 5.60. The molecule has 0 unspecified atom stereocenters. The van der Waals surface area contributed by atoms with Gasteiger partial charge in [-0.2, -0.15) is 0 Å². The lowest BCUT2D eigenvalue weighted by molar-refractivity contribution is 0.443. The van der Waals surface area contributed by atoms with Crippen molar-refractivity contribution in [1.29, 1.82) is 0 Å². The molecule has 0 bridgehead atoms. The predicted octanol–water partition coefficient (Wildman–Crippen LogP) is 3.12. The van der Waals surface area contributed by atoms with Crippen molar-refractivity contribution in [2.75, 3.05) is 0 Å². The molecular formula is C15H23N3S. The van der Waals surface area contributed by atoms with E-state index in [0.29, 0.717) is 11.9 Å². The Kier molecular flexibility index (Phi) is 7.82. The number of thiol groups is 1. The van der Waals surface area contributed by atoms with E-state index in [0.717, 1.165) is 4.90 Å². The van der Waals surface area contributed by atoms with Crippen molar-refractivity contribution in [1.82, 2.24) is 0 Å². The fourth-order valence-electron chi connectivity index (χ4n) is 1.99. The third kappa shape index (κ3) is 7.57. The monoisotopic (exact) mass is 277 g/mol. The van der Waals surface area contributed by atoms with E-state index < -0.39 is 0 Å². The molecule has 0 atom stereocenters. The zero-order valence-electron chi connectivity index (χ0n) is 11.2. The van der Waals surface area contributed by atoms with Gasteiger partial charge in [0.05, 0.1) is 6.04 Å². The highest BCUT2D eigenvalue weighted by Gasteiger charge is 2.11. The third-order valence-corrected chi connectivity index (χ3v) is 3.23.